The molecule has 2 nitrogen and oxygen atoms in total. The maximum absolute atomic E-state index is 2.44. The molecule has 1 heterocycles. The fraction of sp³-hybridized carbons (Fsp3) is 0. The van der Waals surface area contributed by atoms with Gasteiger partial charge in [-0.3, -0.25) is 0 Å². The van der Waals surface area contributed by atoms with Gasteiger partial charge in [0.05, 0.1) is 22.4 Å². The van der Waals surface area contributed by atoms with E-state index < -0.39 is 0 Å². The van der Waals surface area contributed by atoms with Crippen LogP contribution in [-0.4, -0.2) is 4.57 Å². The predicted molar refractivity (Wildman–Crippen MR) is 237 cm³/mol. The molecule has 0 amide bonds. The van der Waals surface area contributed by atoms with Crippen LogP contribution in [0, 0.1) is 0 Å². The van der Waals surface area contributed by atoms with E-state index in [1.165, 1.54) is 60.8 Å². The minimum atomic E-state index is 1.08. The van der Waals surface area contributed by atoms with Crippen molar-refractivity contribution in [3.05, 3.63) is 231 Å². The maximum Gasteiger partial charge on any atom is 0.0625 e. The van der Waals surface area contributed by atoms with Gasteiger partial charge in [-0.2, -0.15) is 0 Å². The highest BCUT2D eigenvalue weighted by Gasteiger charge is 2.23. The molecule has 0 aliphatic heterocycles. The van der Waals surface area contributed by atoms with Gasteiger partial charge >= 0.3 is 0 Å². The molecule has 0 unspecified atom stereocenters. The monoisotopic (exact) mass is 714 g/mol. The number of aromatic nitrogens is 1. The molecule has 2 heteroatoms. The minimum Gasteiger partial charge on any atom is -0.309 e. The first-order chi connectivity index (χ1) is 27.8. The number of hydrogen-bond donors (Lipinski definition) is 0. The molecule has 0 bridgehead atoms. The highest BCUT2D eigenvalue weighted by Crippen LogP contribution is 2.47. The van der Waals surface area contributed by atoms with Gasteiger partial charge < -0.3 is 9.47 Å². The molecule has 264 valence electrons. The summed E-state index contributed by atoms with van der Waals surface area (Å²) in [5, 5.41) is 2.47. The Morgan fingerprint density at radius 2 is 0.786 bits per heavy atom. The zero-order valence-corrected chi connectivity index (χ0v) is 30.8. The van der Waals surface area contributed by atoms with Crippen LogP contribution in [0.3, 0.4) is 0 Å². The second-order valence-corrected chi connectivity index (χ2v) is 14.1. The maximum atomic E-state index is 2.44. The minimum absolute atomic E-state index is 1.08. The first kappa shape index (κ1) is 33.2. The Labute approximate surface area is 327 Å². The number of fused-ring (bicyclic) bond motifs is 3. The number of anilines is 3. The zero-order chi connectivity index (χ0) is 37.3. The third-order valence-corrected chi connectivity index (χ3v) is 10.8. The van der Waals surface area contributed by atoms with Gasteiger partial charge in [-0.25, -0.2) is 0 Å². The molecule has 0 aliphatic rings. The molecule has 10 rings (SSSR count). The smallest absolute Gasteiger partial charge is 0.0625 e. The van der Waals surface area contributed by atoms with Crippen LogP contribution < -0.4 is 4.90 Å². The Morgan fingerprint density at radius 1 is 0.321 bits per heavy atom. The quantitative estimate of drug-likeness (QED) is 0.152. The third-order valence-electron chi connectivity index (χ3n) is 10.8. The van der Waals surface area contributed by atoms with Crippen LogP contribution in [0.5, 0.6) is 0 Å². The van der Waals surface area contributed by atoms with Crippen molar-refractivity contribution in [2.45, 2.75) is 0 Å². The molecular weight excluding hydrogens is 677 g/mol. The molecule has 9 aromatic carbocycles. The van der Waals surface area contributed by atoms with E-state index in [-0.39, 0.29) is 0 Å². The summed E-state index contributed by atoms with van der Waals surface area (Å²) in [7, 11) is 0. The fourth-order valence-electron chi connectivity index (χ4n) is 8.31. The van der Waals surface area contributed by atoms with Crippen molar-refractivity contribution in [3.63, 3.8) is 0 Å². The summed E-state index contributed by atoms with van der Waals surface area (Å²) in [5.41, 5.74) is 16.3. The summed E-state index contributed by atoms with van der Waals surface area (Å²) in [6.07, 6.45) is 0. The summed E-state index contributed by atoms with van der Waals surface area (Å²) in [4.78, 5) is 2.44. The normalized spacial score (nSPS) is 11.2. The second kappa shape index (κ2) is 14.4. The highest BCUT2D eigenvalue weighted by molar-refractivity contribution is 6.19. The molecule has 0 saturated heterocycles. The van der Waals surface area contributed by atoms with Crippen LogP contribution in [0.25, 0.3) is 72.0 Å². The lowest BCUT2D eigenvalue weighted by atomic mass is 9.93. The summed E-state index contributed by atoms with van der Waals surface area (Å²) in [6.45, 7) is 0. The Kier molecular flexibility index (Phi) is 8.55. The molecule has 1 aromatic heterocycles. The molecule has 56 heavy (non-hydrogen) atoms. The van der Waals surface area contributed by atoms with Crippen LogP contribution in [-0.2, 0) is 0 Å². The Bertz CT molecular complexity index is 2860. The molecular formula is C54H38N2. The molecule has 10 aromatic rings. The zero-order valence-electron chi connectivity index (χ0n) is 30.8. The lowest BCUT2D eigenvalue weighted by Crippen LogP contribution is -2.12. The predicted octanol–water partition coefficient (Wildman–Crippen LogP) is 14.9. The molecule has 0 radical (unpaired) electrons. The van der Waals surface area contributed by atoms with Gasteiger partial charge in [0.1, 0.15) is 0 Å². The van der Waals surface area contributed by atoms with E-state index in [2.05, 4.69) is 240 Å². The molecule has 0 spiro atoms. The van der Waals surface area contributed by atoms with E-state index in [1.54, 1.807) is 0 Å². The van der Waals surface area contributed by atoms with E-state index in [0.29, 0.717) is 0 Å². The second-order valence-electron chi connectivity index (χ2n) is 14.1. The van der Waals surface area contributed by atoms with E-state index in [0.717, 1.165) is 28.3 Å². The van der Waals surface area contributed by atoms with Gasteiger partial charge in [-0.05, 0) is 70.3 Å². The topological polar surface area (TPSA) is 8.17 Å². The number of nitrogens with zero attached hydrogens (tertiary/aromatic N) is 2. The summed E-state index contributed by atoms with van der Waals surface area (Å²) in [5.74, 6) is 0. The lowest BCUT2D eigenvalue weighted by Gasteiger charge is -2.30. The van der Waals surface area contributed by atoms with Crippen LogP contribution in [0.1, 0.15) is 0 Å². The van der Waals surface area contributed by atoms with Crippen molar-refractivity contribution < 1.29 is 0 Å². The molecule has 0 atom stereocenters. The number of para-hydroxylation sites is 4. The van der Waals surface area contributed by atoms with Gasteiger partial charge in [-0.15, -0.1) is 0 Å². The average molecular weight is 715 g/mol. The number of benzene rings is 9. The van der Waals surface area contributed by atoms with Crippen molar-refractivity contribution in [1.29, 1.82) is 0 Å². The standard InChI is InChI=1S/C54H38N2/c1-5-20-39(21-6-1)45-30-13-16-33-50(45)55(51-34-17-14-31-46(51)40-22-7-2-8-23-40)44-29-19-26-42(38-44)47-36-37-48(41-24-9-3-10-25-41)54-53(47)49-32-15-18-35-52(49)56(54)43-27-11-4-12-28-43/h1-38H. The van der Waals surface area contributed by atoms with E-state index in [1.807, 2.05) is 0 Å². The van der Waals surface area contributed by atoms with Gasteiger partial charge in [0, 0.05) is 38.8 Å². The Hall–Kier alpha value is -7.42. The SMILES string of the molecule is c1ccc(-c2ccccc2N(c2cccc(-c3ccc(-c4ccccc4)c4c3c3ccccc3n4-c3ccccc3)c2)c2ccccc2-c2ccccc2)cc1. The van der Waals surface area contributed by atoms with Crippen LogP contribution in [0.4, 0.5) is 17.1 Å². The highest BCUT2D eigenvalue weighted by atomic mass is 15.1. The summed E-state index contributed by atoms with van der Waals surface area (Å²) < 4.78 is 2.44. The van der Waals surface area contributed by atoms with Crippen molar-refractivity contribution in [3.8, 4) is 50.2 Å². The average Bonchev–Trinajstić information content (AvgIpc) is 3.63. The van der Waals surface area contributed by atoms with Gasteiger partial charge in [0.2, 0.25) is 0 Å². The summed E-state index contributed by atoms with van der Waals surface area (Å²) >= 11 is 0. The largest absolute Gasteiger partial charge is 0.309 e. The van der Waals surface area contributed by atoms with E-state index in [4.69, 9.17) is 0 Å². The van der Waals surface area contributed by atoms with Gasteiger partial charge in [0.15, 0.2) is 0 Å². The van der Waals surface area contributed by atoms with Crippen molar-refractivity contribution in [2.24, 2.45) is 0 Å². The van der Waals surface area contributed by atoms with Crippen molar-refractivity contribution in [1.82, 2.24) is 4.57 Å². The van der Waals surface area contributed by atoms with Crippen molar-refractivity contribution >= 4 is 38.9 Å². The van der Waals surface area contributed by atoms with E-state index in [9.17, 15) is 0 Å². The first-order valence-corrected chi connectivity index (χ1v) is 19.2. The van der Waals surface area contributed by atoms with E-state index >= 15 is 0 Å². The molecule has 0 aliphatic carbocycles. The van der Waals surface area contributed by atoms with Crippen LogP contribution in [0.2, 0.25) is 0 Å². The Morgan fingerprint density at radius 3 is 1.39 bits per heavy atom. The third kappa shape index (κ3) is 5.85. The molecule has 0 saturated carbocycles. The van der Waals surface area contributed by atoms with Crippen molar-refractivity contribution in [2.75, 3.05) is 4.90 Å². The Balaban J connectivity index is 1.25. The first-order valence-electron chi connectivity index (χ1n) is 19.2. The fourth-order valence-corrected chi connectivity index (χ4v) is 8.31. The number of hydrogen-bond acceptors (Lipinski definition) is 1. The lowest BCUT2D eigenvalue weighted by molar-refractivity contribution is 1.18. The molecule has 0 fully saturated rings. The molecule has 0 N–H and O–H groups in total. The van der Waals surface area contributed by atoms with Gasteiger partial charge in [0.25, 0.3) is 0 Å². The van der Waals surface area contributed by atoms with Crippen LogP contribution in [0.15, 0.2) is 231 Å². The van der Waals surface area contributed by atoms with Crippen LogP contribution >= 0.6 is 0 Å². The summed E-state index contributed by atoms with van der Waals surface area (Å²) in [6, 6.07) is 83.0. The van der Waals surface area contributed by atoms with Gasteiger partial charge in [-0.1, -0.05) is 188 Å². The number of rotatable bonds is 8.